The minimum atomic E-state index is -0.582. The predicted molar refractivity (Wildman–Crippen MR) is 122 cm³/mol. The maximum absolute atomic E-state index is 13.1. The van der Waals surface area contributed by atoms with E-state index in [2.05, 4.69) is 22.4 Å². The number of likely N-dealkylation sites (tertiary alicyclic amines) is 1. The number of hydrogen-bond donors (Lipinski definition) is 1. The lowest BCUT2D eigenvalue weighted by atomic mass is 9.78. The van der Waals surface area contributed by atoms with E-state index in [0.29, 0.717) is 38.3 Å². The molecule has 1 saturated carbocycles. The summed E-state index contributed by atoms with van der Waals surface area (Å²) in [5.41, 5.74) is 2.78. The van der Waals surface area contributed by atoms with Gasteiger partial charge < -0.3 is 10.2 Å². The van der Waals surface area contributed by atoms with Gasteiger partial charge in [-0.1, -0.05) is 49.9 Å². The van der Waals surface area contributed by atoms with Crippen molar-refractivity contribution in [2.24, 2.45) is 11.3 Å². The van der Waals surface area contributed by atoms with Crippen molar-refractivity contribution in [3.8, 4) is 11.1 Å². The molecular formula is C26H33N3O2. The molecule has 0 radical (unpaired) electrons. The lowest BCUT2D eigenvalue weighted by Crippen LogP contribution is -2.44. The number of hydrogen-bond acceptors (Lipinski definition) is 3. The Hall–Kier alpha value is -2.69. The predicted octanol–water partition coefficient (Wildman–Crippen LogP) is 4.23. The van der Waals surface area contributed by atoms with Crippen molar-refractivity contribution in [1.29, 1.82) is 0 Å². The van der Waals surface area contributed by atoms with Crippen LogP contribution in [-0.2, 0) is 16.0 Å². The maximum atomic E-state index is 13.1. The van der Waals surface area contributed by atoms with Crippen molar-refractivity contribution in [2.75, 3.05) is 20.1 Å². The zero-order valence-corrected chi connectivity index (χ0v) is 18.5. The Kier molecular flexibility index (Phi) is 6.69. The summed E-state index contributed by atoms with van der Waals surface area (Å²) >= 11 is 0. The smallest absolute Gasteiger partial charge is 0.228 e. The third-order valence-electron chi connectivity index (χ3n) is 7.19. The highest BCUT2D eigenvalue weighted by Gasteiger charge is 2.45. The van der Waals surface area contributed by atoms with Crippen LogP contribution in [0.3, 0.4) is 0 Å². The Balaban J connectivity index is 1.51. The summed E-state index contributed by atoms with van der Waals surface area (Å²) in [6.45, 7) is 1.16. The quantitative estimate of drug-likeness (QED) is 0.731. The summed E-state index contributed by atoms with van der Waals surface area (Å²) < 4.78 is 0. The van der Waals surface area contributed by atoms with Gasteiger partial charge in [0.25, 0.3) is 0 Å². The van der Waals surface area contributed by atoms with Crippen LogP contribution in [-0.4, -0.2) is 41.8 Å². The van der Waals surface area contributed by atoms with Crippen LogP contribution in [0, 0.1) is 11.3 Å². The molecule has 2 amide bonds. The molecule has 0 spiro atoms. The number of amides is 2. The SMILES string of the molecule is CNC(=O)[C@@]1(Cc2ccccc2-c2ccncc2)CCN(C(=O)CCC2CCCC2)C1. The van der Waals surface area contributed by atoms with E-state index in [1.807, 2.05) is 29.2 Å². The Bertz CT molecular complexity index is 908. The number of carbonyl (C=O) groups excluding carboxylic acids is 2. The molecule has 1 aromatic carbocycles. The van der Waals surface area contributed by atoms with Gasteiger partial charge in [0, 0.05) is 39.0 Å². The third-order valence-corrected chi connectivity index (χ3v) is 7.19. The molecule has 2 fully saturated rings. The highest BCUT2D eigenvalue weighted by Crippen LogP contribution is 2.38. The molecule has 1 aromatic heterocycles. The molecule has 4 rings (SSSR count). The van der Waals surface area contributed by atoms with E-state index in [-0.39, 0.29) is 11.8 Å². The summed E-state index contributed by atoms with van der Waals surface area (Å²) in [7, 11) is 1.70. The van der Waals surface area contributed by atoms with Gasteiger partial charge in [-0.15, -0.1) is 0 Å². The van der Waals surface area contributed by atoms with Crippen LogP contribution in [0.15, 0.2) is 48.8 Å². The van der Waals surface area contributed by atoms with E-state index in [4.69, 9.17) is 0 Å². The molecule has 1 saturated heterocycles. The molecule has 0 bridgehead atoms. The largest absolute Gasteiger partial charge is 0.359 e. The van der Waals surface area contributed by atoms with Crippen LogP contribution in [0.4, 0.5) is 0 Å². The van der Waals surface area contributed by atoms with Crippen molar-refractivity contribution in [3.63, 3.8) is 0 Å². The van der Waals surface area contributed by atoms with Gasteiger partial charge in [-0.25, -0.2) is 0 Å². The Morgan fingerprint density at radius 2 is 1.87 bits per heavy atom. The molecule has 1 atom stereocenters. The normalized spacial score (nSPS) is 21.4. The van der Waals surface area contributed by atoms with Crippen LogP contribution < -0.4 is 5.32 Å². The molecule has 31 heavy (non-hydrogen) atoms. The first-order valence-corrected chi connectivity index (χ1v) is 11.6. The van der Waals surface area contributed by atoms with Crippen molar-refractivity contribution in [1.82, 2.24) is 15.2 Å². The molecule has 2 aromatic rings. The average molecular weight is 420 g/mol. The molecular weight excluding hydrogens is 386 g/mol. The fourth-order valence-corrected chi connectivity index (χ4v) is 5.40. The summed E-state index contributed by atoms with van der Waals surface area (Å²) in [6, 6.07) is 12.3. The first-order valence-electron chi connectivity index (χ1n) is 11.6. The van der Waals surface area contributed by atoms with Crippen molar-refractivity contribution < 1.29 is 9.59 Å². The van der Waals surface area contributed by atoms with E-state index in [9.17, 15) is 9.59 Å². The van der Waals surface area contributed by atoms with Gasteiger partial charge in [-0.2, -0.15) is 0 Å². The Labute approximate surface area is 185 Å². The fourth-order valence-electron chi connectivity index (χ4n) is 5.40. The number of aromatic nitrogens is 1. The second kappa shape index (κ2) is 9.63. The molecule has 5 nitrogen and oxygen atoms in total. The van der Waals surface area contributed by atoms with E-state index in [1.165, 1.54) is 25.7 Å². The van der Waals surface area contributed by atoms with Crippen LogP contribution in [0.2, 0.25) is 0 Å². The number of nitrogens with zero attached hydrogens (tertiary/aromatic N) is 2. The van der Waals surface area contributed by atoms with E-state index in [1.54, 1.807) is 19.4 Å². The van der Waals surface area contributed by atoms with Crippen LogP contribution in [0.25, 0.3) is 11.1 Å². The zero-order chi connectivity index (χ0) is 21.7. The highest BCUT2D eigenvalue weighted by molar-refractivity contribution is 5.86. The average Bonchev–Trinajstić information content (AvgIpc) is 3.49. The second-order valence-corrected chi connectivity index (χ2v) is 9.18. The van der Waals surface area contributed by atoms with E-state index < -0.39 is 5.41 Å². The Morgan fingerprint density at radius 3 is 2.61 bits per heavy atom. The Morgan fingerprint density at radius 1 is 1.13 bits per heavy atom. The standard InChI is InChI=1S/C26H33N3O2/c1-27-25(31)26(14-17-29(19-26)24(30)11-10-20-6-2-3-7-20)18-22-8-4-5-9-23(22)21-12-15-28-16-13-21/h4-5,8-9,12-13,15-16,20H,2-3,6-7,10-11,14,17-19H2,1H3,(H,27,31)/t26-/m1/s1. The monoisotopic (exact) mass is 419 g/mol. The van der Waals surface area contributed by atoms with Gasteiger partial charge in [0.15, 0.2) is 0 Å². The van der Waals surface area contributed by atoms with Crippen LogP contribution in [0.1, 0.15) is 50.5 Å². The number of nitrogens with one attached hydrogen (secondary N) is 1. The van der Waals surface area contributed by atoms with Crippen LogP contribution >= 0.6 is 0 Å². The van der Waals surface area contributed by atoms with Gasteiger partial charge in [-0.05, 0) is 54.0 Å². The summed E-state index contributed by atoms with van der Waals surface area (Å²) in [6.07, 6.45) is 11.7. The van der Waals surface area contributed by atoms with Crippen molar-refractivity contribution >= 4 is 11.8 Å². The van der Waals surface area contributed by atoms with Crippen molar-refractivity contribution in [2.45, 2.75) is 51.4 Å². The lowest BCUT2D eigenvalue weighted by Gasteiger charge is -2.29. The van der Waals surface area contributed by atoms with Gasteiger partial charge in [-0.3, -0.25) is 14.6 Å². The number of rotatable bonds is 7. The van der Waals surface area contributed by atoms with Gasteiger partial charge >= 0.3 is 0 Å². The van der Waals surface area contributed by atoms with Gasteiger partial charge in [0.1, 0.15) is 0 Å². The molecule has 0 unspecified atom stereocenters. The number of pyridine rings is 1. The van der Waals surface area contributed by atoms with E-state index in [0.717, 1.165) is 23.1 Å². The maximum Gasteiger partial charge on any atom is 0.228 e. The van der Waals surface area contributed by atoms with Gasteiger partial charge in [0.2, 0.25) is 11.8 Å². The van der Waals surface area contributed by atoms with Crippen molar-refractivity contribution in [3.05, 3.63) is 54.4 Å². The first kappa shape index (κ1) is 21.5. The summed E-state index contributed by atoms with van der Waals surface area (Å²) in [5.74, 6) is 0.950. The number of benzene rings is 1. The third kappa shape index (κ3) is 4.81. The highest BCUT2D eigenvalue weighted by atomic mass is 16.2. The fraction of sp³-hybridized carbons (Fsp3) is 0.500. The minimum Gasteiger partial charge on any atom is -0.359 e. The van der Waals surface area contributed by atoms with Gasteiger partial charge in [0.05, 0.1) is 5.41 Å². The molecule has 1 aliphatic heterocycles. The van der Waals surface area contributed by atoms with Crippen LogP contribution in [0.5, 0.6) is 0 Å². The lowest BCUT2D eigenvalue weighted by molar-refractivity contribution is -0.133. The molecule has 2 aliphatic rings. The summed E-state index contributed by atoms with van der Waals surface area (Å²) in [4.78, 5) is 32.0. The zero-order valence-electron chi connectivity index (χ0n) is 18.5. The second-order valence-electron chi connectivity index (χ2n) is 9.18. The topological polar surface area (TPSA) is 62.3 Å². The molecule has 5 heteroatoms. The van der Waals surface area contributed by atoms with E-state index >= 15 is 0 Å². The minimum absolute atomic E-state index is 0.0307. The molecule has 1 N–H and O–H groups in total. The molecule has 164 valence electrons. The first-order chi connectivity index (χ1) is 15.1. The molecule has 2 heterocycles. The summed E-state index contributed by atoms with van der Waals surface area (Å²) in [5, 5.41) is 2.88. The number of carbonyl (C=O) groups is 2. The molecule has 1 aliphatic carbocycles.